The molecular formula is C21H17ClN4O3S. The maximum absolute atomic E-state index is 12.1. The summed E-state index contributed by atoms with van der Waals surface area (Å²) in [6.07, 6.45) is 7.26. The molecule has 0 aliphatic carbocycles. The lowest BCUT2D eigenvalue weighted by atomic mass is 10.0. The lowest BCUT2D eigenvalue weighted by Crippen LogP contribution is -2.03. The second-order valence-electron chi connectivity index (χ2n) is 6.56. The Balaban J connectivity index is 1.91. The Morgan fingerprint density at radius 2 is 1.80 bits per heavy atom. The number of fused-ring (bicyclic) bond motifs is 1. The molecule has 0 saturated heterocycles. The van der Waals surface area contributed by atoms with Gasteiger partial charge in [-0.3, -0.25) is 15.0 Å². The highest BCUT2D eigenvalue weighted by Gasteiger charge is 2.16. The molecule has 0 aliphatic rings. The first-order valence-electron chi connectivity index (χ1n) is 8.86. The van der Waals surface area contributed by atoms with Crippen molar-refractivity contribution >= 4 is 43.8 Å². The van der Waals surface area contributed by atoms with Crippen LogP contribution in [0.4, 0.5) is 11.4 Å². The molecule has 0 fully saturated rings. The number of methoxy groups -OCH3 is 1. The molecule has 0 bridgehead atoms. The third-order valence-corrected chi connectivity index (χ3v) is 5.98. The molecule has 7 nitrogen and oxygen atoms in total. The molecule has 4 aromatic rings. The van der Waals surface area contributed by atoms with E-state index in [0.29, 0.717) is 33.2 Å². The van der Waals surface area contributed by atoms with Crippen LogP contribution in [-0.4, -0.2) is 36.7 Å². The van der Waals surface area contributed by atoms with E-state index in [-0.39, 0.29) is 4.90 Å². The Kier molecular flexibility index (Phi) is 5.27. The van der Waals surface area contributed by atoms with Gasteiger partial charge in [0.15, 0.2) is 9.84 Å². The number of nitrogens with zero attached hydrogens (tertiary/aromatic N) is 3. The molecular weight excluding hydrogens is 424 g/mol. The molecule has 0 amide bonds. The number of hydrogen-bond acceptors (Lipinski definition) is 7. The summed E-state index contributed by atoms with van der Waals surface area (Å²) in [5.74, 6) is 0.649. The van der Waals surface area contributed by atoms with Gasteiger partial charge in [0.1, 0.15) is 5.75 Å². The molecule has 0 atom stereocenters. The minimum Gasteiger partial charge on any atom is -0.497 e. The van der Waals surface area contributed by atoms with Crippen molar-refractivity contribution in [3.05, 3.63) is 66.2 Å². The fourth-order valence-corrected chi connectivity index (χ4v) is 4.18. The highest BCUT2D eigenvalue weighted by molar-refractivity contribution is 7.90. The third kappa shape index (κ3) is 3.92. The first-order valence-corrected chi connectivity index (χ1v) is 11.1. The van der Waals surface area contributed by atoms with Gasteiger partial charge in [-0.25, -0.2) is 8.42 Å². The number of aromatic nitrogens is 3. The zero-order valence-corrected chi connectivity index (χ0v) is 17.7. The summed E-state index contributed by atoms with van der Waals surface area (Å²) in [6, 6.07) is 10.4. The monoisotopic (exact) mass is 440 g/mol. The number of halogens is 1. The first kappa shape index (κ1) is 20.1. The quantitative estimate of drug-likeness (QED) is 0.488. The van der Waals surface area contributed by atoms with E-state index in [1.165, 1.54) is 18.5 Å². The topological polar surface area (TPSA) is 94.1 Å². The average Bonchev–Trinajstić information content (AvgIpc) is 2.73. The normalized spacial score (nSPS) is 11.4. The van der Waals surface area contributed by atoms with Gasteiger partial charge in [-0.2, -0.15) is 0 Å². The van der Waals surface area contributed by atoms with Crippen molar-refractivity contribution in [3.8, 4) is 16.9 Å². The predicted molar refractivity (Wildman–Crippen MR) is 117 cm³/mol. The van der Waals surface area contributed by atoms with Crippen molar-refractivity contribution in [1.29, 1.82) is 0 Å². The smallest absolute Gasteiger partial charge is 0.177 e. The van der Waals surface area contributed by atoms with Gasteiger partial charge in [0, 0.05) is 46.7 Å². The molecule has 2 aromatic heterocycles. The van der Waals surface area contributed by atoms with Gasteiger partial charge in [0.25, 0.3) is 0 Å². The van der Waals surface area contributed by atoms with Gasteiger partial charge in [-0.05, 0) is 36.4 Å². The lowest BCUT2D eigenvalue weighted by molar-refractivity contribution is 0.415. The van der Waals surface area contributed by atoms with E-state index >= 15 is 0 Å². The van der Waals surface area contributed by atoms with Crippen molar-refractivity contribution in [3.63, 3.8) is 0 Å². The van der Waals surface area contributed by atoms with E-state index in [2.05, 4.69) is 20.3 Å². The molecule has 2 aromatic carbocycles. The van der Waals surface area contributed by atoms with Crippen LogP contribution in [0.2, 0.25) is 5.02 Å². The maximum Gasteiger partial charge on any atom is 0.177 e. The highest BCUT2D eigenvalue weighted by atomic mass is 35.5. The van der Waals surface area contributed by atoms with Gasteiger partial charge in [-0.1, -0.05) is 11.6 Å². The van der Waals surface area contributed by atoms with Crippen molar-refractivity contribution < 1.29 is 13.2 Å². The van der Waals surface area contributed by atoms with Gasteiger partial charge < -0.3 is 10.1 Å². The number of nitrogens with one attached hydrogen (secondary N) is 1. The Hall–Kier alpha value is -3.23. The summed E-state index contributed by atoms with van der Waals surface area (Å²) in [4.78, 5) is 13.1. The van der Waals surface area contributed by atoms with Crippen LogP contribution in [0.25, 0.3) is 22.2 Å². The summed E-state index contributed by atoms with van der Waals surface area (Å²) < 4.78 is 29.6. The van der Waals surface area contributed by atoms with E-state index in [4.69, 9.17) is 16.3 Å². The van der Waals surface area contributed by atoms with Crippen LogP contribution in [0.3, 0.4) is 0 Å². The fourth-order valence-electron chi connectivity index (χ4n) is 3.14. The fraction of sp³-hybridized carbons (Fsp3) is 0.0952. The molecule has 4 rings (SSSR count). The van der Waals surface area contributed by atoms with Gasteiger partial charge in [0.2, 0.25) is 0 Å². The summed E-state index contributed by atoms with van der Waals surface area (Å²) in [5.41, 5.74) is 3.73. The van der Waals surface area contributed by atoms with E-state index in [9.17, 15) is 8.42 Å². The average molecular weight is 441 g/mol. The molecule has 0 saturated carbocycles. The minimum absolute atomic E-state index is 0.151. The van der Waals surface area contributed by atoms with Gasteiger partial charge in [0.05, 0.1) is 34.9 Å². The van der Waals surface area contributed by atoms with Crippen LogP contribution >= 0.6 is 11.6 Å². The number of pyridine rings is 1. The zero-order chi connectivity index (χ0) is 21.3. The zero-order valence-electron chi connectivity index (χ0n) is 16.1. The SMILES string of the molecule is COc1ccc(Cl)c(-c2cc(Nc3cnccc3S(C)(=O)=O)cc3nccnc23)c1. The highest BCUT2D eigenvalue weighted by Crippen LogP contribution is 2.37. The van der Waals surface area contributed by atoms with Crippen molar-refractivity contribution in [2.45, 2.75) is 4.90 Å². The van der Waals surface area contributed by atoms with Gasteiger partial charge in [-0.15, -0.1) is 0 Å². The number of hydrogen-bond donors (Lipinski definition) is 1. The van der Waals surface area contributed by atoms with Crippen LogP contribution in [0.15, 0.2) is 66.1 Å². The van der Waals surface area contributed by atoms with Crippen molar-refractivity contribution in [2.24, 2.45) is 0 Å². The van der Waals surface area contributed by atoms with Crippen LogP contribution in [0.5, 0.6) is 5.75 Å². The number of rotatable bonds is 5. The number of anilines is 2. The second-order valence-corrected chi connectivity index (χ2v) is 8.95. The number of ether oxygens (including phenoxy) is 1. The summed E-state index contributed by atoms with van der Waals surface area (Å²) >= 11 is 6.47. The van der Waals surface area contributed by atoms with E-state index in [0.717, 1.165) is 17.4 Å². The van der Waals surface area contributed by atoms with Crippen LogP contribution in [-0.2, 0) is 9.84 Å². The molecule has 0 radical (unpaired) electrons. The Morgan fingerprint density at radius 1 is 1.00 bits per heavy atom. The summed E-state index contributed by atoms with van der Waals surface area (Å²) in [7, 11) is -1.86. The number of sulfone groups is 1. The number of benzene rings is 2. The van der Waals surface area contributed by atoms with Crippen molar-refractivity contribution in [1.82, 2.24) is 15.0 Å². The Labute approximate surface area is 178 Å². The predicted octanol–water partition coefficient (Wildman–Crippen LogP) is 4.50. The maximum atomic E-state index is 12.1. The third-order valence-electron chi connectivity index (χ3n) is 4.50. The standard InChI is InChI=1S/C21H17ClN4O3S/c1-29-14-3-4-17(22)15(11-14)16-9-13(10-18-21(16)25-8-7-24-18)26-19-12-23-6-5-20(19)30(2,27)28/h3-12,26H,1-2H3. The molecule has 0 unspecified atom stereocenters. The van der Waals surface area contributed by atoms with E-state index < -0.39 is 9.84 Å². The minimum atomic E-state index is -3.44. The molecule has 152 valence electrons. The molecule has 0 aliphatic heterocycles. The summed E-state index contributed by atoms with van der Waals surface area (Å²) in [5, 5.41) is 3.67. The second kappa shape index (κ2) is 7.89. The Morgan fingerprint density at radius 3 is 2.57 bits per heavy atom. The van der Waals surface area contributed by atoms with E-state index in [1.54, 1.807) is 37.7 Å². The summed E-state index contributed by atoms with van der Waals surface area (Å²) in [6.45, 7) is 0. The lowest BCUT2D eigenvalue weighted by Gasteiger charge is -2.14. The molecule has 2 heterocycles. The van der Waals surface area contributed by atoms with Crippen molar-refractivity contribution in [2.75, 3.05) is 18.7 Å². The largest absolute Gasteiger partial charge is 0.497 e. The Bertz CT molecular complexity index is 1360. The van der Waals surface area contributed by atoms with E-state index in [1.807, 2.05) is 12.1 Å². The van der Waals surface area contributed by atoms with Crippen LogP contribution < -0.4 is 10.1 Å². The molecule has 30 heavy (non-hydrogen) atoms. The molecule has 9 heteroatoms. The van der Waals surface area contributed by atoms with Gasteiger partial charge >= 0.3 is 0 Å². The van der Waals surface area contributed by atoms with Crippen LogP contribution in [0.1, 0.15) is 0 Å². The first-order chi connectivity index (χ1) is 14.4. The molecule has 1 N–H and O–H groups in total. The molecule has 0 spiro atoms. The van der Waals surface area contributed by atoms with Crippen LogP contribution in [0, 0.1) is 0 Å².